The first-order chi connectivity index (χ1) is 13.2. The molecule has 2 aromatic rings. The van der Waals surface area contributed by atoms with Crippen LogP contribution in [0, 0.1) is 6.92 Å². The van der Waals surface area contributed by atoms with Crippen molar-refractivity contribution in [2.45, 2.75) is 52.2 Å². The molecule has 0 bridgehead atoms. The van der Waals surface area contributed by atoms with Crippen molar-refractivity contribution in [2.75, 3.05) is 20.2 Å². The van der Waals surface area contributed by atoms with Crippen LogP contribution in [0.2, 0.25) is 0 Å². The van der Waals surface area contributed by atoms with Gasteiger partial charge in [-0.15, -0.1) is 0 Å². The zero-order valence-electron chi connectivity index (χ0n) is 16.9. The lowest BCUT2D eigenvalue weighted by molar-refractivity contribution is 0.0184. The highest BCUT2D eigenvalue weighted by atomic mass is 79.9. The smallest absolute Gasteiger partial charge is 0.410 e. The molecule has 152 valence electrons. The summed E-state index contributed by atoms with van der Waals surface area (Å²) in [4.78, 5) is 22.4. The molecule has 3 rings (SSSR count). The van der Waals surface area contributed by atoms with Crippen LogP contribution in [-0.2, 0) is 4.74 Å². The summed E-state index contributed by atoms with van der Waals surface area (Å²) < 4.78 is 13.5. The van der Waals surface area contributed by atoms with Crippen molar-refractivity contribution in [3.8, 4) is 17.3 Å². The Labute approximate surface area is 173 Å². The molecule has 0 radical (unpaired) electrons. The third kappa shape index (κ3) is 4.45. The van der Waals surface area contributed by atoms with Gasteiger partial charge in [-0.05, 0) is 56.5 Å². The van der Waals surface area contributed by atoms with Crippen LogP contribution in [0.5, 0.6) is 6.01 Å². The van der Waals surface area contributed by atoms with Gasteiger partial charge in [0, 0.05) is 31.0 Å². The monoisotopic (exact) mass is 451 g/mol. The summed E-state index contributed by atoms with van der Waals surface area (Å²) in [6.45, 7) is 8.98. The predicted molar refractivity (Wildman–Crippen MR) is 108 cm³/mol. The molecular weight excluding hydrogens is 426 g/mol. The number of halogens is 1. The Balaban J connectivity index is 1.72. The number of hydrogen-bond acceptors (Lipinski definition) is 6. The molecule has 2 aromatic heterocycles. The van der Waals surface area contributed by atoms with E-state index in [0.29, 0.717) is 19.1 Å². The fraction of sp³-hybridized carbons (Fsp3) is 0.579. The highest BCUT2D eigenvalue weighted by Crippen LogP contribution is 2.34. The maximum atomic E-state index is 12.3. The van der Waals surface area contributed by atoms with Gasteiger partial charge in [-0.1, -0.05) is 0 Å². The van der Waals surface area contributed by atoms with Crippen LogP contribution in [0.3, 0.4) is 0 Å². The van der Waals surface area contributed by atoms with Crippen molar-refractivity contribution < 1.29 is 14.3 Å². The van der Waals surface area contributed by atoms with Crippen molar-refractivity contribution in [3.05, 3.63) is 22.6 Å². The molecule has 3 heterocycles. The van der Waals surface area contributed by atoms with E-state index in [1.807, 2.05) is 32.4 Å². The SMILES string of the molecule is COc1ncc(-c2nn(C3CCN(C(=O)OC(C)(C)C)CC3)c(C)c2Br)cn1. The van der Waals surface area contributed by atoms with Gasteiger partial charge in [-0.25, -0.2) is 14.8 Å². The number of ether oxygens (including phenoxy) is 2. The Bertz CT molecular complexity index is 836. The van der Waals surface area contributed by atoms with Gasteiger partial charge < -0.3 is 14.4 Å². The van der Waals surface area contributed by atoms with Gasteiger partial charge in [0.2, 0.25) is 0 Å². The lowest BCUT2D eigenvalue weighted by Gasteiger charge is -2.33. The molecule has 9 heteroatoms. The van der Waals surface area contributed by atoms with Crippen LogP contribution in [0.1, 0.15) is 45.3 Å². The van der Waals surface area contributed by atoms with E-state index < -0.39 is 5.60 Å². The fourth-order valence-electron chi connectivity index (χ4n) is 3.20. The van der Waals surface area contributed by atoms with Crippen LogP contribution in [0.15, 0.2) is 16.9 Å². The van der Waals surface area contributed by atoms with Crippen molar-refractivity contribution in [1.29, 1.82) is 0 Å². The molecule has 8 nitrogen and oxygen atoms in total. The molecule has 1 saturated heterocycles. The third-order valence-corrected chi connectivity index (χ3v) is 5.57. The molecular formula is C19H26BrN5O3. The van der Waals surface area contributed by atoms with Gasteiger partial charge in [-0.2, -0.15) is 5.10 Å². The van der Waals surface area contributed by atoms with E-state index in [0.717, 1.165) is 34.3 Å². The summed E-state index contributed by atoms with van der Waals surface area (Å²) in [6.07, 6.45) is 4.81. The van der Waals surface area contributed by atoms with Crippen LogP contribution < -0.4 is 4.74 Å². The number of hydrogen-bond donors (Lipinski definition) is 0. The first kappa shape index (κ1) is 20.6. The Kier molecular flexibility index (Phi) is 5.92. The Morgan fingerprint density at radius 3 is 2.36 bits per heavy atom. The first-order valence-electron chi connectivity index (χ1n) is 9.28. The number of carbonyl (C=O) groups is 1. The van der Waals surface area contributed by atoms with Crippen molar-refractivity contribution >= 4 is 22.0 Å². The van der Waals surface area contributed by atoms with Gasteiger partial charge in [-0.3, -0.25) is 4.68 Å². The topological polar surface area (TPSA) is 82.4 Å². The summed E-state index contributed by atoms with van der Waals surface area (Å²) in [5.41, 5.74) is 2.18. The van der Waals surface area contributed by atoms with E-state index in [1.54, 1.807) is 17.3 Å². The number of piperidine rings is 1. The normalized spacial score (nSPS) is 15.6. The maximum Gasteiger partial charge on any atom is 0.410 e. The van der Waals surface area contributed by atoms with E-state index in [9.17, 15) is 4.79 Å². The van der Waals surface area contributed by atoms with Crippen molar-refractivity contribution in [1.82, 2.24) is 24.6 Å². The van der Waals surface area contributed by atoms with Crippen LogP contribution in [-0.4, -0.2) is 56.5 Å². The van der Waals surface area contributed by atoms with Crippen molar-refractivity contribution in [2.24, 2.45) is 0 Å². The van der Waals surface area contributed by atoms with Crippen LogP contribution >= 0.6 is 15.9 Å². The molecule has 0 aromatic carbocycles. The maximum absolute atomic E-state index is 12.3. The number of aromatic nitrogens is 4. The van der Waals surface area contributed by atoms with Crippen LogP contribution in [0.25, 0.3) is 11.3 Å². The van der Waals surface area contributed by atoms with Gasteiger partial charge in [0.15, 0.2) is 0 Å². The summed E-state index contributed by atoms with van der Waals surface area (Å²) in [5.74, 6) is 0. The summed E-state index contributed by atoms with van der Waals surface area (Å²) >= 11 is 3.65. The van der Waals surface area contributed by atoms with E-state index in [1.165, 1.54) is 7.11 Å². The molecule has 1 amide bonds. The zero-order valence-corrected chi connectivity index (χ0v) is 18.5. The second kappa shape index (κ2) is 8.06. The highest BCUT2D eigenvalue weighted by molar-refractivity contribution is 9.10. The average Bonchev–Trinajstić information content (AvgIpc) is 2.96. The second-order valence-electron chi connectivity index (χ2n) is 7.85. The van der Waals surface area contributed by atoms with E-state index in [2.05, 4.69) is 25.9 Å². The highest BCUT2D eigenvalue weighted by Gasteiger charge is 2.29. The largest absolute Gasteiger partial charge is 0.467 e. The molecule has 0 saturated carbocycles. The van der Waals surface area contributed by atoms with E-state index >= 15 is 0 Å². The molecule has 0 N–H and O–H groups in total. The molecule has 28 heavy (non-hydrogen) atoms. The fourth-order valence-corrected chi connectivity index (χ4v) is 3.69. The van der Waals surface area contributed by atoms with Gasteiger partial charge >= 0.3 is 12.1 Å². The lowest BCUT2D eigenvalue weighted by Crippen LogP contribution is -2.42. The van der Waals surface area contributed by atoms with E-state index in [-0.39, 0.29) is 12.1 Å². The Morgan fingerprint density at radius 1 is 1.21 bits per heavy atom. The molecule has 0 spiro atoms. The van der Waals surface area contributed by atoms with Crippen LogP contribution in [0.4, 0.5) is 4.79 Å². The number of likely N-dealkylation sites (tertiary alicyclic amines) is 1. The summed E-state index contributed by atoms with van der Waals surface area (Å²) in [6, 6.07) is 0.549. The lowest BCUT2D eigenvalue weighted by atomic mass is 10.1. The number of carbonyl (C=O) groups excluding carboxylic acids is 1. The first-order valence-corrected chi connectivity index (χ1v) is 10.1. The predicted octanol–water partition coefficient (Wildman–Crippen LogP) is 3.99. The summed E-state index contributed by atoms with van der Waals surface area (Å²) in [7, 11) is 1.54. The number of amides is 1. The quantitative estimate of drug-likeness (QED) is 0.701. The molecule has 1 aliphatic rings. The minimum atomic E-state index is -0.479. The average molecular weight is 452 g/mol. The Morgan fingerprint density at radius 2 is 1.82 bits per heavy atom. The molecule has 0 aliphatic carbocycles. The second-order valence-corrected chi connectivity index (χ2v) is 8.64. The number of nitrogens with zero attached hydrogens (tertiary/aromatic N) is 5. The number of methoxy groups -OCH3 is 1. The molecule has 0 atom stereocenters. The molecule has 1 aliphatic heterocycles. The Hall–Kier alpha value is -2.16. The van der Waals surface area contributed by atoms with Gasteiger partial charge in [0.1, 0.15) is 11.3 Å². The summed E-state index contributed by atoms with van der Waals surface area (Å²) in [5, 5.41) is 4.80. The third-order valence-electron chi connectivity index (χ3n) is 4.62. The standard InChI is InChI=1S/C19H26BrN5O3/c1-12-15(20)16(13-10-21-17(27-5)22-11-13)23-25(12)14-6-8-24(9-7-14)18(26)28-19(2,3)4/h10-11,14H,6-9H2,1-5H3. The van der Waals surface area contributed by atoms with Crippen molar-refractivity contribution in [3.63, 3.8) is 0 Å². The minimum absolute atomic E-state index is 0.225. The van der Waals surface area contributed by atoms with Gasteiger partial charge in [0.05, 0.1) is 23.3 Å². The minimum Gasteiger partial charge on any atom is -0.467 e. The number of rotatable bonds is 3. The molecule has 1 fully saturated rings. The zero-order chi connectivity index (χ0) is 20.5. The van der Waals surface area contributed by atoms with Gasteiger partial charge in [0.25, 0.3) is 0 Å². The molecule has 0 unspecified atom stereocenters. The van der Waals surface area contributed by atoms with E-state index in [4.69, 9.17) is 14.6 Å².